The number of hydrogen-bond acceptors (Lipinski definition) is 6. The molecule has 32 heavy (non-hydrogen) atoms. The number of carbonyl (C=O) groups excluding carboxylic acids is 2. The molecule has 2 N–H and O–H groups in total. The molecule has 9 heteroatoms. The van der Waals surface area contributed by atoms with E-state index in [1.54, 1.807) is 6.92 Å². The summed E-state index contributed by atoms with van der Waals surface area (Å²) in [5.74, 6) is -1.47. The summed E-state index contributed by atoms with van der Waals surface area (Å²) in [6, 6.07) is 9.23. The molecule has 1 fully saturated rings. The van der Waals surface area contributed by atoms with Gasteiger partial charge in [-0.25, -0.2) is 9.80 Å². The van der Waals surface area contributed by atoms with E-state index in [4.69, 9.17) is 19.6 Å². The average Bonchev–Trinajstić information content (AvgIpc) is 3.02. The zero-order chi connectivity index (χ0) is 24.1. The second-order valence-corrected chi connectivity index (χ2v) is 14.3. The van der Waals surface area contributed by atoms with Crippen molar-refractivity contribution in [3.8, 4) is 0 Å². The number of hydrogen-bond donors (Lipinski definition) is 1. The number of nitrogens with zero attached hydrogens (tertiary/aromatic N) is 2. The van der Waals surface area contributed by atoms with Crippen molar-refractivity contribution in [1.82, 2.24) is 5.01 Å². The van der Waals surface area contributed by atoms with E-state index in [0.29, 0.717) is 13.0 Å². The molecular weight excluding hydrogens is 426 g/mol. The minimum Gasteiger partial charge on any atom is -0.460 e. The minimum absolute atomic E-state index is 0.00510. The smallest absolute Gasteiger partial charge is 0.375 e. The summed E-state index contributed by atoms with van der Waals surface area (Å²) in [6.45, 7) is 14.9. The Labute approximate surface area is 192 Å². The first-order valence-electron chi connectivity index (χ1n) is 11.0. The third-order valence-corrected chi connectivity index (χ3v) is 10.7. The van der Waals surface area contributed by atoms with Crippen LogP contribution >= 0.6 is 0 Å². The zero-order valence-electron chi connectivity index (χ0n) is 20.3. The number of ether oxygens (including phenoxy) is 2. The van der Waals surface area contributed by atoms with Gasteiger partial charge in [-0.15, -0.1) is 5.10 Å². The van der Waals surface area contributed by atoms with Gasteiger partial charge < -0.3 is 19.6 Å². The highest BCUT2D eigenvalue weighted by atomic mass is 28.4. The van der Waals surface area contributed by atoms with Gasteiger partial charge in [-0.05, 0) is 37.5 Å². The number of rotatable bonds is 8. The van der Waals surface area contributed by atoms with E-state index in [1.165, 1.54) is 5.01 Å². The molecule has 0 aromatic heterocycles. The van der Waals surface area contributed by atoms with Gasteiger partial charge in [0.1, 0.15) is 6.10 Å². The van der Waals surface area contributed by atoms with Gasteiger partial charge >= 0.3 is 5.97 Å². The van der Waals surface area contributed by atoms with Crippen LogP contribution in [-0.4, -0.2) is 55.9 Å². The van der Waals surface area contributed by atoms with Crippen molar-refractivity contribution in [3.05, 3.63) is 35.9 Å². The molecule has 1 heterocycles. The second-order valence-electron chi connectivity index (χ2n) is 9.56. The fourth-order valence-corrected chi connectivity index (χ4v) is 4.68. The van der Waals surface area contributed by atoms with Crippen LogP contribution in [0.5, 0.6) is 0 Å². The van der Waals surface area contributed by atoms with Crippen LogP contribution in [0.15, 0.2) is 35.4 Å². The molecule has 1 aliphatic rings. The van der Waals surface area contributed by atoms with Crippen LogP contribution in [0.2, 0.25) is 18.1 Å². The van der Waals surface area contributed by atoms with Gasteiger partial charge in [0.25, 0.3) is 5.91 Å². The summed E-state index contributed by atoms with van der Waals surface area (Å²) in [5.41, 5.74) is 6.79. The molecule has 3 atom stereocenters. The lowest BCUT2D eigenvalue weighted by atomic mass is 10.1. The Hall–Kier alpha value is -2.23. The maximum atomic E-state index is 13.2. The van der Waals surface area contributed by atoms with Crippen LogP contribution in [-0.2, 0) is 30.1 Å². The van der Waals surface area contributed by atoms with E-state index in [2.05, 4.69) is 39.0 Å². The van der Waals surface area contributed by atoms with Gasteiger partial charge in [0.2, 0.25) is 5.84 Å². The van der Waals surface area contributed by atoms with Crippen LogP contribution < -0.4 is 5.73 Å². The van der Waals surface area contributed by atoms with E-state index in [1.807, 2.05) is 37.3 Å². The Balaban J connectivity index is 2.25. The molecule has 0 spiro atoms. The standard InChI is InChI=1S/C23H37N3O5Si/c1-8-29-22(28)20(24)25-26-18(16(2)31-32(6,7)23(3,4)5)14-19(21(26)27)30-15-17-12-10-9-11-13-17/h9-13,16,18-19H,8,14-15H2,1-7H3,(H2,24,25). The number of hydrazone groups is 1. The first kappa shape index (κ1) is 26.0. The quantitative estimate of drug-likeness (QED) is 0.274. The molecule has 3 unspecified atom stereocenters. The van der Waals surface area contributed by atoms with Crippen molar-refractivity contribution in [2.24, 2.45) is 10.8 Å². The largest absolute Gasteiger partial charge is 0.460 e. The summed E-state index contributed by atoms with van der Waals surface area (Å²) in [6.07, 6.45) is -0.630. The molecule has 1 saturated heterocycles. The van der Waals surface area contributed by atoms with Crippen molar-refractivity contribution in [1.29, 1.82) is 0 Å². The van der Waals surface area contributed by atoms with Crippen LogP contribution in [0, 0.1) is 0 Å². The monoisotopic (exact) mass is 463 g/mol. The lowest BCUT2D eigenvalue weighted by Crippen LogP contribution is -2.49. The highest BCUT2D eigenvalue weighted by molar-refractivity contribution is 6.74. The molecule has 1 aromatic carbocycles. The van der Waals surface area contributed by atoms with Crippen molar-refractivity contribution >= 4 is 26.0 Å². The lowest BCUT2D eigenvalue weighted by molar-refractivity contribution is -0.139. The SMILES string of the molecule is CCOC(=O)/C(N)=N/N1C(=O)C(OCc2ccccc2)CC1C(C)O[Si](C)(C)C(C)(C)C. The molecule has 0 saturated carbocycles. The van der Waals surface area contributed by atoms with Crippen molar-refractivity contribution in [2.75, 3.05) is 6.61 Å². The third kappa shape index (κ3) is 6.40. The number of amidine groups is 1. The van der Waals surface area contributed by atoms with Crippen molar-refractivity contribution in [2.45, 2.75) is 84.0 Å². The number of amides is 1. The molecule has 8 nitrogen and oxygen atoms in total. The van der Waals surface area contributed by atoms with E-state index in [-0.39, 0.29) is 29.5 Å². The number of nitrogens with two attached hydrogens (primary N) is 1. The summed E-state index contributed by atoms with van der Waals surface area (Å²) in [4.78, 5) is 25.2. The van der Waals surface area contributed by atoms with Gasteiger partial charge in [-0.1, -0.05) is 51.1 Å². The van der Waals surface area contributed by atoms with E-state index >= 15 is 0 Å². The first-order chi connectivity index (χ1) is 14.9. The number of benzene rings is 1. The summed E-state index contributed by atoms with van der Waals surface area (Å²) in [7, 11) is -2.10. The fourth-order valence-electron chi connectivity index (χ4n) is 3.24. The molecule has 0 radical (unpaired) electrons. The topological polar surface area (TPSA) is 103 Å². The van der Waals surface area contributed by atoms with Gasteiger partial charge in [0.15, 0.2) is 8.32 Å². The molecule has 2 rings (SSSR count). The Morgan fingerprint density at radius 2 is 1.91 bits per heavy atom. The maximum absolute atomic E-state index is 13.2. The minimum atomic E-state index is -2.10. The normalized spacial score (nSPS) is 21.0. The number of esters is 1. The molecule has 0 bridgehead atoms. The van der Waals surface area contributed by atoms with Crippen LogP contribution in [0.1, 0.15) is 46.6 Å². The molecular formula is C23H37N3O5Si. The van der Waals surface area contributed by atoms with Gasteiger partial charge in [-0.2, -0.15) is 0 Å². The molecule has 1 aromatic rings. The van der Waals surface area contributed by atoms with Crippen molar-refractivity contribution < 1.29 is 23.5 Å². The Bertz CT molecular complexity index is 823. The zero-order valence-corrected chi connectivity index (χ0v) is 21.3. The lowest BCUT2D eigenvalue weighted by Gasteiger charge is -2.40. The summed E-state index contributed by atoms with van der Waals surface area (Å²) in [5, 5.41) is 5.39. The van der Waals surface area contributed by atoms with E-state index in [9.17, 15) is 9.59 Å². The molecule has 1 aliphatic heterocycles. The maximum Gasteiger partial charge on any atom is 0.375 e. The highest BCUT2D eigenvalue weighted by Gasteiger charge is 2.47. The fraction of sp³-hybridized carbons (Fsp3) is 0.609. The molecule has 0 aliphatic carbocycles. The van der Waals surface area contributed by atoms with Crippen LogP contribution in [0.25, 0.3) is 0 Å². The Kier molecular flexibility index (Phi) is 8.61. The van der Waals surface area contributed by atoms with E-state index < -0.39 is 26.4 Å². The Morgan fingerprint density at radius 3 is 2.47 bits per heavy atom. The second kappa shape index (κ2) is 10.6. The molecule has 178 valence electrons. The van der Waals surface area contributed by atoms with Crippen LogP contribution in [0.4, 0.5) is 0 Å². The molecule has 1 amide bonds. The van der Waals surface area contributed by atoms with Crippen molar-refractivity contribution in [3.63, 3.8) is 0 Å². The van der Waals surface area contributed by atoms with Gasteiger partial charge in [0.05, 0.1) is 25.4 Å². The predicted molar refractivity (Wildman–Crippen MR) is 126 cm³/mol. The highest BCUT2D eigenvalue weighted by Crippen LogP contribution is 2.39. The number of carbonyl (C=O) groups is 2. The summed E-state index contributed by atoms with van der Waals surface area (Å²) >= 11 is 0. The first-order valence-corrected chi connectivity index (χ1v) is 14.0. The Morgan fingerprint density at radius 1 is 1.28 bits per heavy atom. The van der Waals surface area contributed by atoms with Gasteiger partial charge in [-0.3, -0.25) is 4.79 Å². The third-order valence-electron chi connectivity index (χ3n) is 6.09. The van der Waals surface area contributed by atoms with E-state index in [0.717, 1.165) is 5.56 Å². The summed E-state index contributed by atoms with van der Waals surface area (Å²) < 4.78 is 17.4. The average molecular weight is 464 g/mol. The predicted octanol–water partition coefficient (Wildman–Crippen LogP) is 3.42. The van der Waals surface area contributed by atoms with Crippen LogP contribution in [0.3, 0.4) is 0 Å². The van der Waals surface area contributed by atoms with Gasteiger partial charge in [0, 0.05) is 6.42 Å².